The van der Waals surface area contributed by atoms with Crippen molar-refractivity contribution in [1.82, 2.24) is 0 Å². The minimum absolute atomic E-state index is 0.170. The zero-order valence-electron chi connectivity index (χ0n) is 15.1. The lowest BCUT2D eigenvalue weighted by atomic mass is 10.1. The van der Waals surface area contributed by atoms with Crippen LogP contribution in [-0.4, -0.2) is 40.9 Å². The fraction of sp³-hybridized carbons (Fsp3) is 0.316. The van der Waals surface area contributed by atoms with Crippen molar-refractivity contribution in [1.29, 1.82) is 0 Å². The Morgan fingerprint density at radius 1 is 1.27 bits per heavy atom. The summed E-state index contributed by atoms with van der Waals surface area (Å²) in [6.07, 6.45) is 1.48. The molecule has 1 aromatic carbocycles. The number of aromatic carboxylic acids is 1. The molecule has 0 amide bonds. The fourth-order valence-electron chi connectivity index (χ4n) is 2.40. The molecule has 0 saturated carbocycles. The van der Waals surface area contributed by atoms with Gasteiger partial charge in [-0.25, -0.2) is 9.79 Å². The molecule has 1 atom stereocenters. The molecule has 1 N–H and O–H groups in total. The van der Waals surface area contributed by atoms with Crippen LogP contribution in [0, 0.1) is 6.92 Å². The van der Waals surface area contributed by atoms with E-state index in [0.717, 1.165) is 10.4 Å². The summed E-state index contributed by atoms with van der Waals surface area (Å²) in [4.78, 5) is 28.9. The van der Waals surface area contributed by atoms with Crippen LogP contribution in [0.4, 0.5) is 5.00 Å². The molecule has 0 spiro atoms. The highest BCUT2D eigenvalue weighted by atomic mass is 32.2. The number of hydrogen-bond donors (Lipinski definition) is 1. The lowest BCUT2D eigenvalue weighted by molar-refractivity contribution is -0.138. The predicted octanol–water partition coefficient (Wildman–Crippen LogP) is 4.81. The molecule has 0 aliphatic heterocycles. The SMILES string of the molecule is COC(=O)C(C=Nc1sc(-c2ccccc2)c(C)c1C(=O)O)SC(C)C. The van der Waals surface area contributed by atoms with Gasteiger partial charge < -0.3 is 9.84 Å². The Morgan fingerprint density at radius 2 is 1.92 bits per heavy atom. The third-order valence-electron chi connectivity index (χ3n) is 3.56. The van der Waals surface area contributed by atoms with E-state index in [4.69, 9.17) is 4.74 Å². The molecule has 0 aliphatic rings. The first-order valence-electron chi connectivity index (χ1n) is 8.04. The number of carboxylic acid groups (broad SMARTS) is 1. The highest BCUT2D eigenvalue weighted by molar-refractivity contribution is 8.01. The van der Waals surface area contributed by atoms with E-state index >= 15 is 0 Å². The molecule has 0 radical (unpaired) electrons. The van der Waals surface area contributed by atoms with Crippen molar-refractivity contribution in [2.45, 2.75) is 31.3 Å². The van der Waals surface area contributed by atoms with Crippen molar-refractivity contribution in [3.8, 4) is 10.4 Å². The Hall–Kier alpha value is -2.12. The van der Waals surface area contributed by atoms with Gasteiger partial charge in [0.15, 0.2) is 0 Å². The van der Waals surface area contributed by atoms with Gasteiger partial charge in [0.1, 0.15) is 10.3 Å². The summed E-state index contributed by atoms with van der Waals surface area (Å²) in [7, 11) is 1.33. The second-order valence-electron chi connectivity index (χ2n) is 5.81. The Morgan fingerprint density at radius 3 is 2.46 bits per heavy atom. The molecule has 1 heterocycles. The summed E-state index contributed by atoms with van der Waals surface area (Å²) in [5.74, 6) is -1.43. The molecule has 0 saturated heterocycles. The van der Waals surface area contributed by atoms with Crippen LogP contribution in [0.3, 0.4) is 0 Å². The number of carboxylic acids is 1. The summed E-state index contributed by atoms with van der Waals surface area (Å²) in [6.45, 7) is 5.72. The molecule has 2 aromatic rings. The molecule has 0 fully saturated rings. The van der Waals surface area contributed by atoms with Crippen LogP contribution in [-0.2, 0) is 9.53 Å². The van der Waals surface area contributed by atoms with Crippen LogP contribution in [0.15, 0.2) is 35.3 Å². The van der Waals surface area contributed by atoms with E-state index in [1.165, 1.54) is 36.4 Å². The summed E-state index contributed by atoms with van der Waals surface area (Å²) < 4.78 is 4.81. The van der Waals surface area contributed by atoms with Crippen LogP contribution in [0.5, 0.6) is 0 Å². The Kier molecular flexibility index (Phi) is 6.99. The number of hydrogen-bond acceptors (Lipinski definition) is 6. The highest BCUT2D eigenvalue weighted by Crippen LogP contribution is 2.41. The minimum atomic E-state index is -1.03. The van der Waals surface area contributed by atoms with E-state index in [-0.39, 0.29) is 10.8 Å². The lowest BCUT2D eigenvalue weighted by Crippen LogP contribution is -2.22. The number of rotatable bonds is 7. The molecule has 1 aromatic heterocycles. The third-order valence-corrected chi connectivity index (χ3v) is 5.96. The van der Waals surface area contributed by atoms with E-state index < -0.39 is 17.2 Å². The van der Waals surface area contributed by atoms with Crippen LogP contribution >= 0.6 is 23.1 Å². The average molecular weight is 392 g/mol. The minimum Gasteiger partial charge on any atom is -0.478 e. The quantitative estimate of drug-likeness (QED) is 0.541. The molecular formula is C19H21NO4S2. The number of aliphatic imine (C=N–C) groups is 1. The normalized spacial score (nSPS) is 12.5. The summed E-state index contributed by atoms with van der Waals surface area (Å²) in [5, 5.41) is 9.61. The molecule has 5 nitrogen and oxygen atoms in total. The lowest BCUT2D eigenvalue weighted by Gasteiger charge is -2.11. The maximum Gasteiger partial charge on any atom is 0.339 e. The monoisotopic (exact) mass is 391 g/mol. The number of esters is 1. The van der Waals surface area contributed by atoms with E-state index in [1.807, 2.05) is 44.2 Å². The first-order chi connectivity index (χ1) is 12.3. The van der Waals surface area contributed by atoms with Gasteiger partial charge in [0, 0.05) is 16.3 Å². The number of benzene rings is 1. The van der Waals surface area contributed by atoms with E-state index in [0.29, 0.717) is 10.6 Å². The smallest absolute Gasteiger partial charge is 0.339 e. The number of carbonyl (C=O) groups excluding carboxylic acids is 1. The van der Waals surface area contributed by atoms with Gasteiger partial charge in [0.2, 0.25) is 0 Å². The Balaban J connectivity index is 2.45. The zero-order chi connectivity index (χ0) is 19.3. The standard InChI is InChI=1S/C19H21NO4S2/c1-11(2)25-14(19(23)24-4)10-20-17-15(18(21)22)12(3)16(26-17)13-8-6-5-7-9-13/h5-11,14H,1-4H3,(H,21,22). The summed E-state index contributed by atoms with van der Waals surface area (Å²) in [6, 6.07) is 9.59. The molecule has 0 aliphatic carbocycles. The van der Waals surface area contributed by atoms with Gasteiger partial charge in [-0.2, -0.15) is 0 Å². The summed E-state index contributed by atoms with van der Waals surface area (Å²) in [5.41, 5.74) is 1.79. The molecule has 26 heavy (non-hydrogen) atoms. The molecule has 2 rings (SSSR count). The van der Waals surface area contributed by atoms with Gasteiger partial charge in [0.25, 0.3) is 0 Å². The third kappa shape index (κ3) is 4.74. The molecule has 1 unspecified atom stereocenters. The zero-order valence-corrected chi connectivity index (χ0v) is 16.7. The second-order valence-corrected chi connectivity index (χ2v) is 8.54. The number of nitrogens with zero attached hydrogens (tertiary/aromatic N) is 1. The van der Waals surface area contributed by atoms with Crippen molar-refractivity contribution in [2.24, 2.45) is 4.99 Å². The first kappa shape index (κ1) is 20.2. The number of thioether (sulfide) groups is 1. The van der Waals surface area contributed by atoms with Crippen LogP contribution in [0.2, 0.25) is 0 Å². The largest absolute Gasteiger partial charge is 0.478 e. The van der Waals surface area contributed by atoms with Gasteiger partial charge in [-0.1, -0.05) is 44.2 Å². The van der Waals surface area contributed by atoms with Crippen LogP contribution < -0.4 is 0 Å². The van der Waals surface area contributed by atoms with Crippen LogP contribution in [0.1, 0.15) is 29.8 Å². The maximum atomic E-state index is 11.9. The van der Waals surface area contributed by atoms with E-state index in [1.54, 1.807) is 6.92 Å². The van der Waals surface area contributed by atoms with Gasteiger partial charge in [-0.15, -0.1) is 23.1 Å². The predicted molar refractivity (Wildman–Crippen MR) is 108 cm³/mol. The summed E-state index contributed by atoms with van der Waals surface area (Å²) >= 11 is 2.71. The first-order valence-corrected chi connectivity index (χ1v) is 9.80. The molecular weight excluding hydrogens is 370 g/mol. The average Bonchev–Trinajstić information content (AvgIpc) is 2.94. The molecule has 7 heteroatoms. The van der Waals surface area contributed by atoms with E-state index in [9.17, 15) is 14.7 Å². The second kappa shape index (κ2) is 9.00. The van der Waals surface area contributed by atoms with Crippen molar-refractivity contribution in [3.63, 3.8) is 0 Å². The Labute approximate surface area is 161 Å². The number of ether oxygens (including phenoxy) is 1. The van der Waals surface area contributed by atoms with Crippen molar-refractivity contribution >= 4 is 46.3 Å². The highest BCUT2D eigenvalue weighted by Gasteiger charge is 2.23. The number of carbonyl (C=O) groups is 2. The van der Waals surface area contributed by atoms with Gasteiger partial charge in [-0.3, -0.25) is 4.79 Å². The van der Waals surface area contributed by atoms with Gasteiger partial charge in [-0.05, 0) is 18.1 Å². The fourth-order valence-corrected chi connectivity index (χ4v) is 4.49. The van der Waals surface area contributed by atoms with Crippen molar-refractivity contribution in [2.75, 3.05) is 7.11 Å². The Bertz CT molecular complexity index is 812. The van der Waals surface area contributed by atoms with Crippen molar-refractivity contribution in [3.05, 3.63) is 41.5 Å². The van der Waals surface area contributed by atoms with E-state index in [2.05, 4.69) is 4.99 Å². The molecule has 138 valence electrons. The van der Waals surface area contributed by atoms with Crippen LogP contribution in [0.25, 0.3) is 10.4 Å². The topological polar surface area (TPSA) is 76.0 Å². The number of methoxy groups -OCH3 is 1. The number of thiophene rings is 1. The maximum absolute atomic E-state index is 11.9. The molecule has 0 bridgehead atoms. The van der Waals surface area contributed by atoms with Gasteiger partial charge >= 0.3 is 11.9 Å². The van der Waals surface area contributed by atoms with Crippen molar-refractivity contribution < 1.29 is 19.4 Å². The van der Waals surface area contributed by atoms with Gasteiger partial charge in [0.05, 0.1) is 12.7 Å².